The van der Waals surface area contributed by atoms with E-state index in [2.05, 4.69) is 48.5 Å². The Kier molecular flexibility index (Phi) is 59.6. The first-order valence-electron chi connectivity index (χ1n) is 36.3. The van der Waals surface area contributed by atoms with Gasteiger partial charge in [-0.15, -0.1) is 0 Å². The van der Waals surface area contributed by atoms with E-state index in [9.17, 15) is 43.2 Å². The highest BCUT2D eigenvalue weighted by atomic mass is 31.2. The predicted octanol–water partition coefficient (Wildman–Crippen LogP) is 19.8. The van der Waals surface area contributed by atoms with Crippen LogP contribution in [0.5, 0.6) is 0 Å². The van der Waals surface area contributed by atoms with Crippen molar-refractivity contribution in [1.29, 1.82) is 0 Å². The van der Waals surface area contributed by atoms with Crippen molar-refractivity contribution in [2.75, 3.05) is 39.6 Å². The number of aliphatic hydroxyl groups excluding tert-OH is 1. The first kappa shape index (κ1) is 87.1. The maximum atomic E-state index is 13.0. The zero-order valence-electron chi connectivity index (χ0n) is 57.9. The van der Waals surface area contributed by atoms with Gasteiger partial charge < -0.3 is 33.8 Å². The minimum atomic E-state index is -4.95. The summed E-state index contributed by atoms with van der Waals surface area (Å²) in [4.78, 5) is 72.3. The highest BCUT2D eigenvalue weighted by Gasteiger charge is 2.30. The molecule has 0 fully saturated rings. The second-order valence-corrected chi connectivity index (χ2v) is 29.6. The predicted molar refractivity (Wildman–Crippen MR) is 358 cm³/mol. The number of esters is 4. The second kappa shape index (κ2) is 61.0. The Morgan fingerprint density at radius 2 is 0.517 bits per heavy atom. The zero-order chi connectivity index (χ0) is 65.9. The molecule has 0 bridgehead atoms. The van der Waals surface area contributed by atoms with Gasteiger partial charge >= 0.3 is 39.5 Å². The summed E-state index contributed by atoms with van der Waals surface area (Å²) < 4.78 is 68.1. The van der Waals surface area contributed by atoms with Crippen LogP contribution in [-0.4, -0.2) is 96.7 Å². The van der Waals surface area contributed by atoms with Crippen molar-refractivity contribution >= 4 is 39.5 Å². The second-order valence-electron chi connectivity index (χ2n) is 26.7. The number of phosphoric ester groups is 2. The van der Waals surface area contributed by atoms with Gasteiger partial charge in [0.1, 0.15) is 19.3 Å². The van der Waals surface area contributed by atoms with Crippen molar-refractivity contribution in [1.82, 2.24) is 0 Å². The van der Waals surface area contributed by atoms with E-state index in [4.69, 9.17) is 37.0 Å². The highest BCUT2D eigenvalue weighted by Crippen LogP contribution is 2.45. The summed E-state index contributed by atoms with van der Waals surface area (Å²) in [7, 11) is -9.89. The molecule has 17 nitrogen and oxygen atoms in total. The lowest BCUT2D eigenvalue weighted by Gasteiger charge is -2.21. The van der Waals surface area contributed by atoms with Crippen molar-refractivity contribution < 1.29 is 80.2 Å². The summed E-state index contributed by atoms with van der Waals surface area (Å²) in [6, 6.07) is 0. The lowest BCUT2D eigenvalue weighted by molar-refractivity contribution is -0.161. The van der Waals surface area contributed by atoms with Gasteiger partial charge in [-0.1, -0.05) is 299 Å². The van der Waals surface area contributed by atoms with Crippen molar-refractivity contribution in [2.45, 2.75) is 369 Å². The van der Waals surface area contributed by atoms with Gasteiger partial charge in [0.15, 0.2) is 12.2 Å². The van der Waals surface area contributed by atoms with Crippen LogP contribution in [0, 0.1) is 17.8 Å². The van der Waals surface area contributed by atoms with Crippen LogP contribution < -0.4 is 0 Å². The minimum Gasteiger partial charge on any atom is -0.462 e. The van der Waals surface area contributed by atoms with Crippen molar-refractivity contribution in [3.8, 4) is 0 Å². The topological polar surface area (TPSA) is 237 Å². The first-order chi connectivity index (χ1) is 42.7. The van der Waals surface area contributed by atoms with E-state index in [1.54, 1.807) is 0 Å². The van der Waals surface area contributed by atoms with Gasteiger partial charge in [0.2, 0.25) is 0 Å². The third-order valence-corrected chi connectivity index (χ3v) is 18.0. The largest absolute Gasteiger partial charge is 0.472 e. The van der Waals surface area contributed by atoms with Gasteiger partial charge in [-0.25, -0.2) is 9.13 Å². The molecule has 19 heteroatoms. The van der Waals surface area contributed by atoms with Crippen LogP contribution in [0.1, 0.15) is 350 Å². The van der Waals surface area contributed by atoms with Crippen LogP contribution in [-0.2, 0) is 65.4 Å². The molecule has 0 amide bonds. The average Bonchev–Trinajstić information content (AvgIpc) is 3.70. The number of unbranched alkanes of at least 4 members (excludes halogenated alkanes) is 36. The maximum Gasteiger partial charge on any atom is 0.472 e. The van der Waals surface area contributed by atoms with Crippen molar-refractivity contribution in [3.05, 3.63) is 0 Å². The molecule has 528 valence electrons. The molecule has 0 saturated heterocycles. The summed E-state index contributed by atoms with van der Waals surface area (Å²) in [5.41, 5.74) is 0. The lowest BCUT2D eigenvalue weighted by Crippen LogP contribution is -2.30. The van der Waals surface area contributed by atoms with E-state index < -0.39 is 97.5 Å². The normalized spacial score (nSPS) is 14.2. The fourth-order valence-electron chi connectivity index (χ4n) is 10.5. The Morgan fingerprint density at radius 1 is 0.303 bits per heavy atom. The Morgan fingerprint density at radius 3 is 0.764 bits per heavy atom. The molecule has 0 spiro atoms. The average molecular weight is 1310 g/mol. The summed E-state index contributed by atoms with van der Waals surface area (Å²) in [6.45, 7) is 11.8. The number of phosphoric acid groups is 2. The monoisotopic (exact) mass is 1310 g/mol. The number of carbonyl (C=O) groups is 4. The molecule has 89 heavy (non-hydrogen) atoms. The Labute approximate surface area is 543 Å². The molecule has 0 aliphatic heterocycles. The molecule has 5 atom stereocenters. The van der Waals surface area contributed by atoms with Gasteiger partial charge in [0.25, 0.3) is 0 Å². The quantitative estimate of drug-likeness (QED) is 0.0222. The molecule has 3 N–H and O–H groups in total. The SMILES string of the molecule is CCCCCCCC(=O)OC[C@H](COP(=O)(O)OC[C@H](O)COP(=O)(O)OC[C@@H](COC(=O)CCCCCCCCCCCCCCC(C)C)OC(=O)CCCCCCCCCCCCCCC(C)C)OC(=O)CCCCCCCCCCCCCC(C)C. The maximum absolute atomic E-state index is 13.0. The van der Waals surface area contributed by atoms with Crippen LogP contribution in [0.25, 0.3) is 0 Å². The number of carbonyl (C=O) groups excluding carboxylic acids is 4. The van der Waals surface area contributed by atoms with E-state index in [1.165, 1.54) is 154 Å². The van der Waals surface area contributed by atoms with E-state index >= 15 is 0 Å². The molecule has 0 aromatic heterocycles. The number of rotatable bonds is 68. The number of hydrogen-bond donors (Lipinski definition) is 3. The Bertz CT molecular complexity index is 1750. The fourth-order valence-corrected chi connectivity index (χ4v) is 12.1. The fraction of sp³-hybridized carbons (Fsp3) is 0.943. The molecule has 0 aromatic carbocycles. The van der Waals surface area contributed by atoms with E-state index in [0.29, 0.717) is 25.7 Å². The molecule has 0 rings (SSSR count). The molecule has 0 aliphatic rings. The Balaban J connectivity index is 5.17. The Hall–Kier alpha value is -1.94. The summed E-state index contributed by atoms with van der Waals surface area (Å²) in [6.07, 6.45) is 44.7. The van der Waals surface area contributed by atoms with Crippen molar-refractivity contribution in [3.63, 3.8) is 0 Å². The first-order valence-corrected chi connectivity index (χ1v) is 39.3. The summed E-state index contributed by atoms with van der Waals surface area (Å²) >= 11 is 0. The van der Waals surface area contributed by atoms with Gasteiger partial charge in [0, 0.05) is 25.7 Å². The van der Waals surface area contributed by atoms with E-state index in [-0.39, 0.29) is 25.7 Å². The van der Waals surface area contributed by atoms with Gasteiger partial charge in [-0.3, -0.25) is 37.3 Å². The summed E-state index contributed by atoms with van der Waals surface area (Å²) in [5, 5.41) is 10.6. The third-order valence-electron chi connectivity index (χ3n) is 16.1. The summed E-state index contributed by atoms with van der Waals surface area (Å²) in [5.74, 6) is 0.188. The van der Waals surface area contributed by atoms with Crippen LogP contribution >= 0.6 is 15.6 Å². The standard InChI is InChI=1S/C70H136O17P2/c1-8-9-10-34-44-51-67(72)80-57-65(86-69(74)54-47-40-33-27-21-15-18-24-30-37-43-50-63(6)7)59-84-88(76,77)82-55-64(71)56-83-89(78,79)85-60-66(87-70(75)53-46-39-32-26-20-14-12-17-23-29-36-42-49-62(4)5)58-81-68(73)52-45-38-31-25-19-13-11-16-22-28-35-41-48-61(2)3/h61-66,71H,8-60H2,1-7H3,(H,76,77)(H,78,79)/t64-,65+,66+/m0/s1. The molecule has 2 unspecified atom stereocenters. The molecule has 0 radical (unpaired) electrons. The number of ether oxygens (including phenoxy) is 4. The molecule has 0 heterocycles. The van der Waals surface area contributed by atoms with Crippen LogP contribution in [0.15, 0.2) is 0 Å². The molecule has 0 aliphatic carbocycles. The zero-order valence-corrected chi connectivity index (χ0v) is 59.7. The van der Waals surface area contributed by atoms with Crippen LogP contribution in [0.3, 0.4) is 0 Å². The van der Waals surface area contributed by atoms with Gasteiger partial charge in [-0.2, -0.15) is 0 Å². The van der Waals surface area contributed by atoms with Gasteiger partial charge in [-0.05, 0) is 43.4 Å². The highest BCUT2D eigenvalue weighted by molar-refractivity contribution is 7.47. The van der Waals surface area contributed by atoms with E-state index in [1.807, 2.05) is 0 Å². The smallest absolute Gasteiger partial charge is 0.462 e. The molecular formula is C70H136O17P2. The molecule has 0 saturated carbocycles. The molecular weight excluding hydrogens is 1170 g/mol. The number of hydrogen-bond acceptors (Lipinski definition) is 15. The number of aliphatic hydroxyl groups is 1. The third kappa shape index (κ3) is 64.6. The minimum absolute atomic E-state index is 0.105. The van der Waals surface area contributed by atoms with E-state index in [0.717, 1.165) is 114 Å². The van der Waals surface area contributed by atoms with Crippen LogP contribution in [0.2, 0.25) is 0 Å². The van der Waals surface area contributed by atoms with Gasteiger partial charge in [0.05, 0.1) is 26.4 Å². The molecule has 0 aromatic rings. The lowest BCUT2D eigenvalue weighted by atomic mass is 10.0. The van der Waals surface area contributed by atoms with Crippen LogP contribution in [0.4, 0.5) is 0 Å². The van der Waals surface area contributed by atoms with Crippen molar-refractivity contribution in [2.24, 2.45) is 17.8 Å².